The minimum Gasteiger partial charge on any atom is -0.508 e. The summed E-state index contributed by atoms with van der Waals surface area (Å²) in [5.74, 6) is -1.70. The summed E-state index contributed by atoms with van der Waals surface area (Å²) in [6.45, 7) is -0.266. The highest BCUT2D eigenvalue weighted by atomic mass is 16.5. The topological polar surface area (TPSA) is 136 Å². The predicted molar refractivity (Wildman–Crippen MR) is 90.7 cm³/mol. The molecular formula is C18H19NO7. The number of aromatic hydroxyl groups is 1. The van der Waals surface area contributed by atoms with Gasteiger partial charge < -0.3 is 30.5 Å². The molecule has 0 aromatic heterocycles. The van der Waals surface area contributed by atoms with Crippen molar-refractivity contribution in [2.75, 3.05) is 6.54 Å². The van der Waals surface area contributed by atoms with Crippen molar-refractivity contribution in [3.05, 3.63) is 65.2 Å². The lowest BCUT2D eigenvalue weighted by atomic mass is 10.0. The van der Waals surface area contributed by atoms with Crippen LogP contribution in [0, 0.1) is 0 Å². The molecule has 0 aliphatic carbocycles. The van der Waals surface area contributed by atoms with E-state index in [0.717, 1.165) is 11.6 Å². The number of nitrogens with one attached hydrogen (secondary N) is 1. The average Bonchev–Trinajstić information content (AvgIpc) is 2.64. The molecule has 138 valence electrons. The minimum absolute atomic E-state index is 0.0537. The third kappa shape index (κ3) is 5.20. The number of ether oxygens (including phenoxy) is 1. The number of hydrogen-bond donors (Lipinski definition) is 5. The Morgan fingerprint density at radius 2 is 1.77 bits per heavy atom. The molecule has 8 nitrogen and oxygen atoms in total. The first-order chi connectivity index (χ1) is 12.4. The van der Waals surface area contributed by atoms with Crippen molar-refractivity contribution in [2.45, 2.75) is 18.8 Å². The van der Waals surface area contributed by atoms with E-state index in [4.69, 9.17) is 9.84 Å². The maximum absolute atomic E-state index is 11.6. The van der Waals surface area contributed by atoms with Gasteiger partial charge >= 0.3 is 12.1 Å². The molecule has 0 spiro atoms. The van der Waals surface area contributed by atoms with E-state index >= 15 is 0 Å². The fourth-order valence-corrected chi connectivity index (χ4v) is 2.21. The summed E-state index contributed by atoms with van der Waals surface area (Å²) in [5, 5.41) is 41.0. The molecule has 2 atom stereocenters. The second kappa shape index (κ2) is 8.84. The van der Waals surface area contributed by atoms with Gasteiger partial charge in [-0.25, -0.2) is 9.59 Å². The number of aliphatic hydroxyl groups is 2. The number of carbonyl (C=O) groups excluding carboxylic acids is 1. The Kier molecular flexibility index (Phi) is 6.54. The van der Waals surface area contributed by atoms with Crippen LogP contribution in [0.4, 0.5) is 4.79 Å². The monoisotopic (exact) mass is 361 g/mol. The fraction of sp³-hybridized carbons (Fsp3) is 0.222. The third-order valence-electron chi connectivity index (χ3n) is 3.63. The number of carboxylic acids is 1. The second-order valence-electron chi connectivity index (χ2n) is 5.53. The maximum atomic E-state index is 11.6. The Bertz CT molecular complexity index is 763. The number of phenolic OH excluding ortho intramolecular Hbond substituents is 1. The van der Waals surface area contributed by atoms with Gasteiger partial charge in [-0.3, -0.25) is 0 Å². The van der Waals surface area contributed by atoms with E-state index in [9.17, 15) is 24.9 Å². The van der Waals surface area contributed by atoms with E-state index in [2.05, 4.69) is 5.32 Å². The molecule has 0 aliphatic rings. The van der Waals surface area contributed by atoms with Gasteiger partial charge in [-0.05, 0) is 17.7 Å². The lowest BCUT2D eigenvalue weighted by molar-refractivity contribution is 0.0171. The molecule has 2 unspecified atom stereocenters. The van der Waals surface area contributed by atoms with Crippen molar-refractivity contribution in [3.8, 4) is 5.75 Å². The molecule has 0 fully saturated rings. The van der Waals surface area contributed by atoms with E-state index in [0.29, 0.717) is 0 Å². The van der Waals surface area contributed by atoms with Crippen LogP contribution in [0.5, 0.6) is 5.75 Å². The van der Waals surface area contributed by atoms with Crippen LogP contribution in [-0.4, -0.2) is 45.1 Å². The van der Waals surface area contributed by atoms with Crippen molar-refractivity contribution in [3.63, 3.8) is 0 Å². The molecule has 8 heteroatoms. The van der Waals surface area contributed by atoms with E-state index in [1.807, 2.05) is 6.07 Å². The van der Waals surface area contributed by atoms with Gasteiger partial charge in [0.1, 0.15) is 24.6 Å². The molecule has 0 aliphatic heterocycles. The number of phenols is 1. The zero-order valence-corrected chi connectivity index (χ0v) is 13.7. The van der Waals surface area contributed by atoms with Crippen LogP contribution >= 0.6 is 0 Å². The zero-order valence-electron chi connectivity index (χ0n) is 13.7. The highest BCUT2D eigenvalue weighted by Gasteiger charge is 2.23. The van der Waals surface area contributed by atoms with Gasteiger partial charge in [-0.15, -0.1) is 0 Å². The smallest absolute Gasteiger partial charge is 0.407 e. The Labute approximate surface area is 149 Å². The van der Waals surface area contributed by atoms with Crippen LogP contribution in [0.2, 0.25) is 0 Å². The lowest BCUT2D eigenvalue weighted by Gasteiger charge is -2.19. The molecule has 0 bridgehead atoms. The summed E-state index contributed by atoms with van der Waals surface area (Å²) in [6.07, 6.45) is -3.72. The van der Waals surface area contributed by atoms with Gasteiger partial charge in [-0.1, -0.05) is 36.4 Å². The maximum Gasteiger partial charge on any atom is 0.407 e. The molecule has 0 heterocycles. The number of hydrogen-bond acceptors (Lipinski definition) is 6. The first-order valence-electron chi connectivity index (χ1n) is 7.75. The molecule has 5 N–H and O–H groups in total. The first-order valence-corrected chi connectivity index (χ1v) is 7.75. The third-order valence-corrected chi connectivity index (χ3v) is 3.63. The van der Waals surface area contributed by atoms with Crippen molar-refractivity contribution >= 4 is 12.1 Å². The fourth-order valence-electron chi connectivity index (χ4n) is 2.21. The number of alkyl carbamates (subject to hydrolysis) is 1. The minimum atomic E-state index is -1.52. The zero-order chi connectivity index (χ0) is 19.1. The van der Waals surface area contributed by atoms with Crippen molar-refractivity contribution < 1.29 is 34.8 Å². The lowest BCUT2D eigenvalue weighted by Crippen LogP contribution is -2.35. The van der Waals surface area contributed by atoms with Crippen molar-refractivity contribution in [2.24, 2.45) is 0 Å². The van der Waals surface area contributed by atoms with E-state index in [1.165, 1.54) is 12.1 Å². The van der Waals surface area contributed by atoms with Gasteiger partial charge in [0.15, 0.2) is 0 Å². The molecule has 2 aromatic carbocycles. The summed E-state index contributed by atoms with van der Waals surface area (Å²) in [6, 6.07) is 12.4. The Morgan fingerprint density at radius 3 is 2.38 bits per heavy atom. The standard InChI is InChI=1S/C18H19NO7/c20-14-8-12(17(23)24)6-7-13(14)16(22)15(21)9-19-18(25)26-10-11-4-2-1-3-5-11/h1-8,15-16,20-22H,9-10H2,(H,19,25)(H,23,24). The molecule has 2 rings (SSSR count). The van der Waals surface area contributed by atoms with Gasteiger partial charge in [0, 0.05) is 12.1 Å². The summed E-state index contributed by atoms with van der Waals surface area (Å²) < 4.78 is 4.97. The molecular weight excluding hydrogens is 342 g/mol. The normalized spacial score (nSPS) is 12.8. The van der Waals surface area contributed by atoms with E-state index in [-0.39, 0.29) is 24.3 Å². The Morgan fingerprint density at radius 1 is 1.08 bits per heavy atom. The number of carboxylic acid groups (broad SMARTS) is 1. The van der Waals surface area contributed by atoms with Gasteiger partial charge in [0.25, 0.3) is 0 Å². The molecule has 1 amide bonds. The molecule has 26 heavy (non-hydrogen) atoms. The van der Waals surface area contributed by atoms with Crippen LogP contribution < -0.4 is 5.32 Å². The Hall–Kier alpha value is -3.10. The van der Waals surface area contributed by atoms with Crippen molar-refractivity contribution in [1.29, 1.82) is 0 Å². The van der Waals surface area contributed by atoms with Gasteiger partial charge in [0.05, 0.1) is 5.56 Å². The van der Waals surface area contributed by atoms with E-state index < -0.39 is 30.0 Å². The number of rotatable bonds is 7. The van der Waals surface area contributed by atoms with Crippen LogP contribution in [0.25, 0.3) is 0 Å². The summed E-state index contributed by atoms with van der Waals surface area (Å²) in [4.78, 5) is 22.5. The Balaban J connectivity index is 1.85. The van der Waals surface area contributed by atoms with Crippen LogP contribution in [0.1, 0.15) is 27.6 Å². The van der Waals surface area contributed by atoms with Gasteiger partial charge in [-0.2, -0.15) is 0 Å². The largest absolute Gasteiger partial charge is 0.508 e. The molecule has 0 radical (unpaired) electrons. The van der Waals surface area contributed by atoms with Crippen LogP contribution in [-0.2, 0) is 11.3 Å². The number of aliphatic hydroxyl groups excluding tert-OH is 2. The number of amides is 1. The average molecular weight is 361 g/mol. The number of benzene rings is 2. The molecule has 0 saturated carbocycles. The van der Waals surface area contributed by atoms with E-state index in [1.54, 1.807) is 24.3 Å². The van der Waals surface area contributed by atoms with Crippen LogP contribution in [0.15, 0.2) is 48.5 Å². The molecule has 2 aromatic rings. The van der Waals surface area contributed by atoms with Crippen LogP contribution in [0.3, 0.4) is 0 Å². The number of aromatic carboxylic acids is 1. The number of carbonyl (C=O) groups is 2. The highest BCUT2D eigenvalue weighted by Crippen LogP contribution is 2.27. The summed E-state index contributed by atoms with van der Waals surface area (Å²) in [5.41, 5.74) is 0.587. The van der Waals surface area contributed by atoms with Gasteiger partial charge in [0.2, 0.25) is 0 Å². The SMILES string of the molecule is O=C(NCC(O)C(O)c1ccc(C(=O)O)cc1O)OCc1ccccc1. The molecule has 0 saturated heterocycles. The quantitative estimate of drug-likeness (QED) is 0.503. The second-order valence-corrected chi connectivity index (χ2v) is 5.53. The predicted octanol–water partition coefficient (Wildman–Crippen LogP) is 1.41. The highest BCUT2D eigenvalue weighted by molar-refractivity contribution is 5.88. The summed E-state index contributed by atoms with van der Waals surface area (Å²) >= 11 is 0. The first kappa shape index (κ1) is 19.2. The van der Waals surface area contributed by atoms with Crippen molar-refractivity contribution in [1.82, 2.24) is 5.32 Å². The summed E-state index contributed by atoms with van der Waals surface area (Å²) in [7, 11) is 0.